The average Bonchev–Trinajstić information content (AvgIpc) is 2.33. The quantitative estimate of drug-likeness (QED) is 0.336. The van der Waals surface area contributed by atoms with Crippen LogP contribution in [0.25, 0.3) is 0 Å². The van der Waals surface area contributed by atoms with Crippen LogP contribution < -0.4 is 15.8 Å². The van der Waals surface area contributed by atoms with Gasteiger partial charge < -0.3 is 15.8 Å². The molecule has 1 rings (SSSR count). The highest BCUT2D eigenvalue weighted by Crippen LogP contribution is 2.16. The van der Waals surface area contributed by atoms with Crippen LogP contribution in [-0.2, 0) is 6.54 Å². The van der Waals surface area contributed by atoms with Crippen molar-refractivity contribution >= 4 is 29.9 Å². The third-order valence-corrected chi connectivity index (χ3v) is 2.13. The average molecular weight is 397 g/mol. The molecule has 112 valence electrons. The number of ether oxygens (including phenoxy) is 1. The third kappa shape index (κ3) is 7.93. The molecule has 1 aromatic carbocycles. The van der Waals surface area contributed by atoms with Gasteiger partial charge in [0.05, 0.1) is 6.54 Å². The normalized spacial score (nSPS) is 10.9. The van der Waals surface area contributed by atoms with Crippen LogP contribution in [-0.4, -0.2) is 19.1 Å². The lowest BCUT2D eigenvalue weighted by atomic mass is 10.2. The lowest BCUT2D eigenvalue weighted by molar-refractivity contribution is -0.0498. The Morgan fingerprint density at radius 1 is 1.50 bits per heavy atom. The van der Waals surface area contributed by atoms with Crippen LogP contribution in [0.2, 0.25) is 0 Å². The molecule has 0 aliphatic carbocycles. The van der Waals surface area contributed by atoms with Gasteiger partial charge in [-0.3, -0.25) is 0 Å². The summed E-state index contributed by atoms with van der Waals surface area (Å²) >= 11 is 0. The number of benzene rings is 1. The largest absolute Gasteiger partial charge is 0.435 e. The van der Waals surface area contributed by atoms with Crippen molar-refractivity contribution in [2.45, 2.75) is 20.1 Å². The maximum atomic E-state index is 12.1. The Morgan fingerprint density at radius 3 is 2.80 bits per heavy atom. The van der Waals surface area contributed by atoms with Gasteiger partial charge >= 0.3 is 6.61 Å². The maximum Gasteiger partial charge on any atom is 0.387 e. The highest BCUT2D eigenvalue weighted by Gasteiger charge is 2.04. The number of alkyl halides is 2. The molecule has 0 spiro atoms. The summed E-state index contributed by atoms with van der Waals surface area (Å²) in [4.78, 5) is 4.09. The van der Waals surface area contributed by atoms with Gasteiger partial charge in [-0.15, -0.1) is 24.0 Å². The second kappa shape index (κ2) is 9.51. The fraction of sp³-hybridized carbons (Fsp3) is 0.308. The van der Waals surface area contributed by atoms with Crippen molar-refractivity contribution in [2.75, 3.05) is 6.54 Å². The van der Waals surface area contributed by atoms with E-state index >= 15 is 0 Å². The van der Waals surface area contributed by atoms with Crippen molar-refractivity contribution in [3.05, 3.63) is 42.0 Å². The van der Waals surface area contributed by atoms with Gasteiger partial charge in [0.15, 0.2) is 5.96 Å². The molecule has 0 atom stereocenters. The summed E-state index contributed by atoms with van der Waals surface area (Å²) < 4.78 is 28.4. The lowest BCUT2D eigenvalue weighted by Gasteiger charge is -2.07. The summed E-state index contributed by atoms with van der Waals surface area (Å²) in [5, 5.41) is 2.88. The second-order valence-corrected chi connectivity index (χ2v) is 4.04. The fourth-order valence-corrected chi connectivity index (χ4v) is 1.29. The molecular formula is C13H18F2IN3O. The van der Waals surface area contributed by atoms with Crippen LogP contribution in [0, 0.1) is 0 Å². The first-order valence-electron chi connectivity index (χ1n) is 5.69. The van der Waals surface area contributed by atoms with Gasteiger partial charge in [0.2, 0.25) is 0 Å². The standard InChI is InChI=1S/C13H17F2N3O.HI/c1-9(2)7-17-13(16)18-8-10-4-3-5-11(6-10)19-12(14)15;/h3-6,12H,1,7-8H2,2H3,(H3,16,17,18);1H. The van der Waals surface area contributed by atoms with E-state index in [0.29, 0.717) is 6.54 Å². The number of hydrogen-bond donors (Lipinski definition) is 2. The third-order valence-electron chi connectivity index (χ3n) is 2.13. The molecule has 0 aromatic heterocycles. The Kier molecular flexibility index (Phi) is 8.86. The smallest absolute Gasteiger partial charge is 0.387 e. The predicted octanol–water partition coefficient (Wildman–Crippen LogP) is 2.89. The highest BCUT2D eigenvalue weighted by molar-refractivity contribution is 14.0. The number of aliphatic imine (C=N–C) groups is 1. The van der Waals surface area contributed by atoms with Crippen molar-refractivity contribution in [1.29, 1.82) is 0 Å². The molecule has 0 aliphatic rings. The van der Waals surface area contributed by atoms with Gasteiger partial charge in [-0.2, -0.15) is 8.78 Å². The molecule has 0 unspecified atom stereocenters. The van der Waals surface area contributed by atoms with Crippen molar-refractivity contribution < 1.29 is 13.5 Å². The zero-order chi connectivity index (χ0) is 14.3. The van der Waals surface area contributed by atoms with E-state index in [4.69, 9.17) is 5.73 Å². The van der Waals surface area contributed by atoms with E-state index < -0.39 is 6.61 Å². The number of nitrogens with one attached hydrogen (secondary N) is 1. The van der Waals surface area contributed by atoms with E-state index in [9.17, 15) is 8.78 Å². The van der Waals surface area contributed by atoms with Gasteiger partial charge in [-0.1, -0.05) is 24.3 Å². The maximum absolute atomic E-state index is 12.1. The minimum Gasteiger partial charge on any atom is -0.435 e. The van der Waals surface area contributed by atoms with Gasteiger partial charge in [-0.25, -0.2) is 4.99 Å². The second-order valence-electron chi connectivity index (χ2n) is 4.04. The van der Waals surface area contributed by atoms with E-state index in [1.165, 1.54) is 12.1 Å². The summed E-state index contributed by atoms with van der Waals surface area (Å²) in [6, 6.07) is 6.34. The van der Waals surface area contributed by atoms with Crippen LogP contribution in [0.3, 0.4) is 0 Å². The summed E-state index contributed by atoms with van der Waals surface area (Å²) in [6.07, 6.45) is 0. The summed E-state index contributed by atoms with van der Waals surface area (Å²) in [5.74, 6) is 0.388. The Hall–Kier alpha value is -1.38. The number of hydrogen-bond acceptors (Lipinski definition) is 2. The summed E-state index contributed by atoms with van der Waals surface area (Å²) in [5.41, 5.74) is 7.31. The number of nitrogens with zero attached hydrogens (tertiary/aromatic N) is 1. The van der Waals surface area contributed by atoms with Gasteiger partial charge in [0.25, 0.3) is 0 Å². The van der Waals surface area contributed by atoms with E-state index in [-0.39, 0.29) is 42.2 Å². The Bertz CT molecular complexity index is 467. The Morgan fingerprint density at radius 2 is 2.20 bits per heavy atom. The van der Waals surface area contributed by atoms with Crippen LogP contribution in [0.5, 0.6) is 5.75 Å². The Balaban J connectivity index is 0.00000361. The van der Waals surface area contributed by atoms with E-state index in [2.05, 4.69) is 21.6 Å². The summed E-state index contributed by atoms with van der Waals surface area (Å²) in [6.45, 7) is 3.59. The van der Waals surface area contributed by atoms with Crippen LogP contribution in [0.15, 0.2) is 41.4 Å². The molecule has 0 saturated carbocycles. The van der Waals surface area contributed by atoms with Crippen molar-refractivity contribution in [1.82, 2.24) is 5.32 Å². The SMILES string of the molecule is C=C(C)CNC(N)=NCc1cccc(OC(F)F)c1.I. The Labute approximate surface area is 134 Å². The molecule has 7 heteroatoms. The molecule has 3 N–H and O–H groups in total. The first-order valence-corrected chi connectivity index (χ1v) is 5.69. The molecule has 1 aromatic rings. The monoisotopic (exact) mass is 397 g/mol. The molecule has 0 radical (unpaired) electrons. The highest BCUT2D eigenvalue weighted by atomic mass is 127. The number of nitrogens with two attached hydrogens (primary N) is 1. The molecule has 20 heavy (non-hydrogen) atoms. The lowest BCUT2D eigenvalue weighted by Crippen LogP contribution is -2.32. The predicted molar refractivity (Wildman–Crippen MR) is 86.6 cm³/mol. The van der Waals surface area contributed by atoms with Crippen LogP contribution >= 0.6 is 24.0 Å². The van der Waals surface area contributed by atoms with Crippen LogP contribution in [0.1, 0.15) is 12.5 Å². The molecule has 0 aliphatic heterocycles. The molecule has 0 bridgehead atoms. The number of halogens is 3. The van der Waals surface area contributed by atoms with Crippen molar-refractivity contribution in [2.24, 2.45) is 10.7 Å². The first-order chi connectivity index (χ1) is 8.97. The minimum atomic E-state index is -2.83. The fourth-order valence-electron chi connectivity index (χ4n) is 1.29. The van der Waals surface area contributed by atoms with Crippen molar-refractivity contribution in [3.63, 3.8) is 0 Å². The number of rotatable bonds is 6. The topological polar surface area (TPSA) is 59.6 Å². The zero-order valence-electron chi connectivity index (χ0n) is 11.1. The van der Waals surface area contributed by atoms with Crippen molar-refractivity contribution in [3.8, 4) is 5.75 Å². The van der Waals surface area contributed by atoms with Crippen LogP contribution in [0.4, 0.5) is 8.78 Å². The van der Waals surface area contributed by atoms with E-state index in [0.717, 1.165) is 11.1 Å². The van der Waals surface area contributed by atoms with Gasteiger partial charge in [-0.05, 0) is 24.6 Å². The van der Waals surface area contributed by atoms with E-state index in [1.807, 2.05) is 6.92 Å². The molecule has 0 heterocycles. The van der Waals surface area contributed by atoms with Gasteiger partial charge in [0, 0.05) is 6.54 Å². The molecular weight excluding hydrogens is 379 g/mol. The molecule has 4 nitrogen and oxygen atoms in total. The zero-order valence-corrected chi connectivity index (χ0v) is 13.4. The first kappa shape index (κ1) is 18.6. The molecule has 0 fully saturated rings. The number of guanidine groups is 1. The minimum absolute atomic E-state index is 0. The molecule has 0 amide bonds. The van der Waals surface area contributed by atoms with Gasteiger partial charge in [0.1, 0.15) is 5.75 Å². The summed E-state index contributed by atoms with van der Waals surface area (Å²) in [7, 11) is 0. The molecule has 0 saturated heterocycles. The van der Waals surface area contributed by atoms with E-state index in [1.54, 1.807) is 12.1 Å².